The molecule has 2 heterocycles. The van der Waals surface area contributed by atoms with E-state index in [4.69, 9.17) is 23.0 Å². The first-order chi connectivity index (χ1) is 19.2. The number of hydrogen-bond donors (Lipinski definition) is 2. The van der Waals surface area contributed by atoms with E-state index in [2.05, 4.69) is 0 Å². The van der Waals surface area contributed by atoms with Crippen LogP contribution in [-0.4, -0.2) is 31.5 Å². The molecule has 0 unspecified atom stereocenters. The fraction of sp³-hybridized carbons (Fsp3) is 0.161. The van der Waals surface area contributed by atoms with E-state index in [0.29, 0.717) is 55.9 Å². The highest BCUT2D eigenvalue weighted by Crippen LogP contribution is 2.50. The SMILES string of the molecule is COc1cc(OC)c2c(c1)c(-c1cc3c(cc1OC)cc(O)c1c(=O)cc(C)oc13)c(O)c1c(=O)cc(C)oc12. The molecular formula is C31H24O9. The zero-order chi connectivity index (χ0) is 28.5. The van der Waals surface area contributed by atoms with Crippen molar-refractivity contribution in [3.8, 4) is 39.9 Å². The molecule has 0 aliphatic heterocycles. The molecule has 9 nitrogen and oxygen atoms in total. The van der Waals surface area contributed by atoms with Crippen LogP contribution in [0.2, 0.25) is 0 Å². The van der Waals surface area contributed by atoms with Crippen molar-refractivity contribution < 1.29 is 33.3 Å². The molecule has 0 radical (unpaired) electrons. The Labute approximate surface area is 226 Å². The lowest BCUT2D eigenvalue weighted by Gasteiger charge is -2.19. The molecule has 0 saturated heterocycles. The Morgan fingerprint density at radius 2 is 1.30 bits per heavy atom. The minimum atomic E-state index is -0.436. The summed E-state index contributed by atoms with van der Waals surface area (Å²) < 4.78 is 28.8. The topological polar surface area (TPSA) is 129 Å². The second-order valence-electron chi connectivity index (χ2n) is 9.50. The van der Waals surface area contributed by atoms with Crippen LogP contribution in [0.25, 0.3) is 54.6 Å². The minimum absolute atomic E-state index is 0.0290. The van der Waals surface area contributed by atoms with Crippen molar-refractivity contribution >= 4 is 43.5 Å². The molecule has 2 aromatic heterocycles. The molecule has 202 valence electrons. The number of benzene rings is 4. The number of ether oxygens (including phenoxy) is 3. The van der Waals surface area contributed by atoms with E-state index in [9.17, 15) is 19.8 Å². The first-order valence-corrected chi connectivity index (χ1v) is 12.3. The zero-order valence-electron chi connectivity index (χ0n) is 22.3. The van der Waals surface area contributed by atoms with Crippen molar-refractivity contribution in [3.05, 3.63) is 74.4 Å². The summed E-state index contributed by atoms with van der Waals surface area (Å²) >= 11 is 0. The predicted octanol–water partition coefficient (Wildman–Crippen LogP) is 5.93. The Hall–Kier alpha value is -5.18. The van der Waals surface area contributed by atoms with E-state index in [1.54, 1.807) is 38.1 Å². The van der Waals surface area contributed by atoms with Gasteiger partial charge in [0.1, 0.15) is 56.6 Å². The van der Waals surface area contributed by atoms with Crippen LogP contribution < -0.4 is 25.1 Å². The van der Waals surface area contributed by atoms with Gasteiger partial charge in [0, 0.05) is 40.1 Å². The van der Waals surface area contributed by atoms with E-state index < -0.39 is 10.9 Å². The summed E-state index contributed by atoms with van der Waals surface area (Å²) in [5.41, 5.74) is 0.166. The lowest BCUT2D eigenvalue weighted by molar-refractivity contribution is 0.397. The van der Waals surface area contributed by atoms with Crippen molar-refractivity contribution in [3.63, 3.8) is 0 Å². The first kappa shape index (κ1) is 25.1. The minimum Gasteiger partial charge on any atom is -0.507 e. The van der Waals surface area contributed by atoms with E-state index >= 15 is 0 Å². The number of hydrogen-bond acceptors (Lipinski definition) is 9. The van der Waals surface area contributed by atoms with Crippen molar-refractivity contribution in [2.45, 2.75) is 13.8 Å². The highest BCUT2D eigenvalue weighted by molar-refractivity contribution is 6.19. The molecule has 9 heteroatoms. The Bertz CT molecular complexity index is 2150. The monoisotopic (exact) mass is 540 g/mol. The lowest BCUT2D eigenvalue weighted by Crippen LogP contribution is -2.04. The molecule has 4 aromatic carbocycles. The summed E-state index contributed by atoms with van der Waals surface area (Å²) in [6.45, 7) is 3.29. The Morgan fingerprint density at radius 1 is 0.650 bits per heavy atom. The number of phenols is 2. The summed E-state index contributed by atoms with van der Waals surface area (Å²) in [5, 5.41) is 24.3. The van der Waals surface area contributed by atoms with Crippen LogP contribution in [0, 0.1) is 13.8 Å². The molecule has 0 bridgehead atoms. The van der Waals surface area contributed by atoms with E-state index in [1.165, 1.54) is 39.5 Å². The maximum atomic E-state index is 13.2. The normalized spacial score (nSPS) is 11.5. The third-order valence-electron chi connectivity index (χ3n) is 7.08. The van der Waals surface area contributed by atoms with Gasteiger partial charge in [-0.05, 0) is 43.5 Å². The maximum Gasteiger partial charge on any atom is 0.196 e. The van der Waals surface area contributed by atoms with Gasteiger partial charge in [0.25, 0.3) is 0 Å². The summed E-state index contributed by atoms with van der Waals surface area (Å²) in [7, 11) is 4.46. The van der Waals surface area contributed by atoms with Gasteiger partial charge in [0.05, 0.1) is 26.7 Å². The summed E-state index contributed by atoms with van der Waals surface area (Å²) in [6, 6.07) is 10.8. The van der Waals surface area contributed by atoms with Gasteiger partial charge in [-0.25, -0.2) is 0 Å². The van der Waals surface area contributed by atoms with Gasteiger partial charge >= 0.3 is 0 Å². The Morgan fingerprint density at radius 3 is 1.95 bits per heavy atom. The quantitative estimate of drug-likeness (QED) is 0.262. The largest absolute Gasteiger partial charge is 0.507 e. The van der Waals surface area contributed by atoms with Crippen LogP contribution in [0.5, 0.6) is 28.7 Å². The van der Waals surface area contributed by atoms with Crippen LogP contribution >= 0.6 is 0 Å². The van der Waals surface area contributed by atoms with Gasteiger partial charge in [-0.3, -0.25) is 9.59 Å². The number of methoxy groups -OCH3 is 3. The molecule has 0 amide bonds. The molecule has 2 N–H and O–H groups in total. The Balaban J connectivity index is 1.89. The summed E-state index contributed by atoms with van der Waals surface area (Å²) in [4.78, 5) is 26.0. The molecule has 0 atom stereocenters. The molecule has 6 rings (SSSR count). The second kappa shape index (κ2) is 8.94. The van der Waals surface area contributed by atoms with Crippen molar-refractivity contribution in [1.29, 1.82) is 0 Å². The Kier molecular flexibility index (Phi) is 5.62. The fourth-order valence-corrected chi connectivity index (χ4v) is 5.37. The molecule has 0 aliphatic carbocycles. The summed E-state index contributed by atoms with van der Waals surface area (Å²) in [6.07, 6.45) is 0. The molecular weight excluding hydrogens is 516 g/mol. The highest BCUT2D eigenvalue weighted by atomic mass is 16.5. The van der Waals surface area contributed by atoms with Gasteiger partial charge in [-0.2, -0.15) is 0 Å². The van der Waals surface area contributed by atoms with E-state index in [-0.39, 0.29) is 39.0 Å². The van der Waals surface area contributed by atoms with Crippen molar-refractivity contribution in [2.24, 2.45) is 0 Å². The third-order valence-corrected chi connectivity index (χ3v) is 7.08. The lowest BCUT2D eigenvalue weighted by atomic mass is 9.91. The number of phenolic OH excluding ortho intramolecular Hbond substituents is 2. The van der Waals surface area contributed by atoms with Crippen LogP contribution in [-0.2, 0) is 0 Å². The summed E-state index contributed by atoms with van der Waals surface area (Å²) in [5.74, 6) is 1.31. The van der Waals surface area contributed by atoms with E-state index in [0.717, 1.165) is 0 Å². The molecule has 0 saturated carbocycles. The third kappa shape index (κ3) is 3.54. The average molecular weight is 541 g/mol. The number of aryl methyl sites for hydroxylation is 2. The van der Waals surface area contributed by atoms with Crippen molar-refractivity contribution in [1.82, 2.24) is 0 Å². The maximum absolute atomic E-state index is 13.2. The van der Waals surface area contributed by atoms with Crippen LogP contribution in [0.3, 0.4) is 0 Å². The smallest absolute Gasteiger partial charge is 0.196 e. The zero-order valence-corrected chi connectivity index (χ0v) is 22.3. The molecule has 6 aromatic rings. The molecule has 0 spiro atoms. The van der Waals surface area contributed by atoms with Gasteiger partial charge in [0.2, 0.25) is 0 Å². The molecule has 0 aliphatic rings. The van der Waals surface area contributed by atoms with Gasteiger partial charge < -0.3 is 33.3 Å². The van der Waals surface area contributed by atoms with Gasteiger partial charge in [-0.1, -0.05) is 0 Å². The van der Waals surface area contributed by atoms with Crippen LogP contribution in [0.4, 0.5) is 0 Å². The highest BCUT2D eigenvalue weighted by Gasteiger charge is 2.26. The molecule has 0 fully saturated rings. The number of aromatic hydroxyl groups is 2. The van der Waals surface area contributed by atoms with Crippen molar-refractivity contribution in [2.75, 3.05) is 21.3 Å². The van der Waals surface area contributed by atoms with Crippen LogP contribution in [0.15, 0.2) is 60.9 Å². The number of rotatable bonds is 4. The second-order valence-corrected chi connectivity index (χ2v) is 9.50. The van der Waals surface area contributed by atoms with Gasteiger partial charge in [0.15, 0.2) is 16.4 Å². The average Bonchev–Trinajstić information content (AvgIpc) is 2.91. The number of fused-ring (bicyclic) bond motifs is 6. The van der Waals surface area contributed by atoms with Crippen LogP contribution in [0.1, 0.15) is 11.5 Å². The fourth-order valence-electron chi connectivity index (χ4n) is 5.37. The molecule has 40 heavy (non-hydrogen) atoms. The first-order valence-electron chi connectivity index (χ1n) is 12.3. The standard InChI is InChI=1S/C31H24O9/c1-13-6-20(32)27-22(34)8-15-9-23(37-4)18(12-17(15)30(27)39-13)25-19-10-16(36-3)11-24(38-5)26(19)31-28(29(25)35)21(33)7-14(2)40-31/h6-12,34-35H,1-5H3. The van der Waals surface area contributed by atoms with Gasteiger partial charge in [-0.15, -0.1) is 0 Å². The predicted molar refractivity (Wildman–Crippen MR) is 151 cm³/mol. The van der Waals surface area contributed by atoms with E-state index in [1.807, 2.05) is 0 Å².